The molecule has 67 heavy (non-hydrogen) atoms. The summed E-state index contributed by atoms with van der Waals surface area (Å²) in [7, 11) is 0. The van der Waals surface area contributed by atoms with E-state index in [1.165, 1.54) is 116 Å². The Morgan fingerprint density at radius 2 is 0.791 bits per heavy atom. The van der Waals surface area contributed by atoms with Gasteiger partial charge in [-0.25, -0.2) is 0 Å². The first-order chi connectivity index (χ1) is 33.2. The third-order valence-corrected chi connectivity index (χ3v) is 14.6. The van der Waals surface area contributed by atoms with Crippen LogP contribution in [0.3, 0.4) is 0 Å². The molecule has 0 N–H and O–H groups in total. The Bertz CT molecular complexity index is 4040. The highest BCUT2D eigenvalue weighted by Gasteiger charge is 2.46. The lowest BCUT2D eigenvalue weighted by atomic mass is 9.67. The van der Waals surface area contributed by atoms with Crippen LogP contribution in [0.15, 0.2) is 255 Å². The van der Waals surface area contributed by atoms with Crippen molar-refractivity contribution < 1.29 is 0 Å². The van der Waals surface area contributed by atoms with Gasteiger partial charge in [-0.05, 0) is 133 Å². The van der Waals surface area contributed by atoms with Gasteiger partial charge in [0, 0.05) is 32.9 Å². The molecule has 2 nitrogen and oxygen atoms in total. The van der Waals surface area contributed by atoms with Gasteiger partial charge in [0.05, 0.1) is 27.5 Å². The third kappa shape index (κ3) is 5.57. The summed E-state index contributed by atoms with van der Waals surface area (Å²) in [6.07, 6.45) is 0. The molecule has 14 rings (SSSR count). The maximum atomic E-state index is 2.52. The molecule has 0 aliphatic heterocycles. The van der Waals surface area contributed by atoms with Crippen LogP contribution >= 0.6 is 0 Å². The molecule has 1 aliphatic rings. The second-order valence-corrected chi connectivity index (χ2v) is 18.0. The average molecular weight is 851 g/mol. The Balaban J connectivity index is 1.03. The smallest absolute Gasteiger partial charge is 0.0714 e. The maximum Gasteiger partial charge on any atom is 0.0714 e. The molecule has 2 aromatic heterocycles. The molecule has 2 heteroatoms. The topological polar surface area (TPSA) is 9.86 Å². The van der Waals surface area contributed by atoms with Gasteiger partial charge in [0.1, 0.15) is 0 Å². The van der Waals surface area contributed by atoms with E-state index in [0.717, 1.165) is 5.69 Å². The summed E-state index contributed by atoms with van der Waals surface area (Å²) < 4.78 is 4.93. The van der Waals surface area contributed by atoms with E-state index in [2.05, 4.69) is 264 Å². The summed E-state index contributed by atoms with van der Waals surface area (Å²) in [6.45, 7) is 0. The molecule has 0 radical (unpaired) electrons. The van der Waals surface area contributed by atoms with E-state index < -0.39 is 5.41 Å². The normalized spacial score (nSPS) is 12.9. The summed E-state index contributed by atoms with van der Waals surface area (Å²) in [4.78, 5) is 0. The molecule has 312 valence electrons. The number of para-hydroxylation sites is 1. The number of rotatable bonds is 6. The van der Waals surface area contributed by atoms with Crippen LogP contribution in [0.2, 0.25) is 0 Å². The molecule has 0 bridgehead atoms. The fourth-order valence-corrected chi connectivity index (χ4v) is 11.6. The van der Waals surface area contributed by atoms with E-state index in [1.54, 1.807) is 0 Å². The highest BCUT2D eigenvalue weighted by Crippen LogP contribution is 2.57. The molecule has 0 fully saturated rings. The van der Waals surface area contributed by atoms with Crippen LogP contribution in [0.25, 0.3) is 99.1 Å². The van der Waals surface area contributed by atoms with Gasteiger partial charge in [-0.1, -0.05) is 188 Å². The minimum absolute atomic E-state index is 0.512. The Kier molecular flexibility index (Phi) is 8.23. The lowest BCUT2D eigenvalue weighted by Gasteiger charge is -2.34. The van der Waals surface area contributed by atoms with E-state index in [1.807, 2.05) is 0 Å². The van der Waals surface area contributed by atoms with Crippen LogP contribution < -0.4 is 0 Å². The number of aromatic nitrogens is 2. The fraction of sp³-hybridized carbons (Fsp3) is 0.0154. The zero-order chi connectivity index (χ0) is 44.1. The van der Waals surface area contributed by atoms with Crippen molar-refractivity contribution in [2.24, 2.45) is 0 Å². The molecule has 0 unspecified atom stereocenters. The quantitative estimate of drug-likeness (QED) is 0.158. The Morgan fingerprint density at radius 1 is 0.254 bits per heavy atom. The Hall–Kier alpha value is -8.72. The lowest BCUT2D eigenvalue weighted by Crippen LogP contribution is -2.28. The number of nitrogens with zero attached hydrogens (tertiary/aromatic N) is 2. The first kappa shape index (κ1) is 37.6. The van der Waals surface area contributed by atoms with Crippen molar-refractivity contribution in [2.45, 2.75) is 5.41 Å². The van der Waals surface area contributed by atoms with Crippen molar-refractivity contribution in [1.82, 2.24) is 9.13 Å². The van der Waals surface area contributed by atoms with Gasteiger partial charge in [-0.2, -0.15) is 0 Å². The van der Waals surface area contributed by atoms with Crippen LogP contribution in [0.5, 0.6) is 0 Å². The SMILES string of the molecule is c1ccc(-c2cccc(-n3c4ccc(-c5ccc6c(c5)c5ccccc5n6-c5ccc6ccccc6c5)cc4c4cc5c(cc43)C(c3ccccc3)(c3ccccc3)c3ccccc3-5)c2)cc1. The molecule has 0 amide bonds. The van der Waals surface area contributed by atoms with Gasteiger partial charge in [0.25, 0.3) is 0 Å². The van der Waals surface area contributed by atoms with Crippen LogP contribution in [0.1, 0.15) is 22.3 Å². The first-order valence-corrected chi connectivity index (χ1v) is 23.2. The number of hydrogen-bond acceptors (Lipinski definition) is 0. The average Bonchev–Trinajstić information content (AvgIpc) is 4.02. The summed E-state index contributed by atoms with van der Waals surface area (Å²) in [6, 6.07) is 94.5. The summed E-state index contributed by atoms with van der Waals surface area (Å²) in [5, 5.41) is 7.44. The molecule has 13 aromatic rings. The van der Waals surface area contributed by atoms with Gasteiger partial charge in [0.15, 0.2) is 0 Å². The molecule has 11 aromatic carbocycles. The lowest BCUT2D eigenvalue weighted by molar-refractivity contribution is 0.769. The number of hydrogen-bond donors (Lipinski definition) is 0. The van der Waals surface area contributed by atoms with Crippen LogP contribution in [-0.2, 0) is 5.41 Å². The predicted molar refractivity (Wildman–Crippen MR) is 281 cm³/mol. The van der Waals surface area contributed by atoms with Crippen LogP contribution in [0.4, 0.5) is 0 Å². The van der Waals surface area contributed by atoms with Crippen molar-refractivity contribution in [3.63, 3.8) is 0 Å². The summed E-state index contributed by atoms with van der Waals surface area (Å²) >= 11 is 0. The van der Waals surface area contributed by atoms with Gasteiger partial charge in [-0.3, -0.25) is 0 Å². The highest BCUT2D eigenvalue weighted by molar-refractivity contribution is 6.14. The zero-order valence-corrected chi connectivity index (χ0v) is 36.6. The maximum absolute atomic E-state index is 2.52. The molecular weight excluding hydrogens is 809 g/mol. The minimum atomic E-state index is -0.512. The van der Waals surface area contributed by atoms with Gasteiger partial charge < -0.3 is 9.13 Å². The van der Waals surface area contributed by atoms with E-state index in [-0.39, 0.29) is 0 Å². The first-order valence-electron chi connectivity index (χ1n) is 23.2. The monoisotopic (exact) mass is 850 g/mol. The summed E-state index contributed by atoms with van der Waals surface area (Å²) in [5.41, 5.74) is 19.1. The molecule has 0 atom stereocenters. The molecule has 0 saturated heterocycles. The molecule has 1 aliphatic carbocycles. The van der Waals surface area contributed by atoms with Crippen molar-refractivity contribution in [3.8, 4) is 44.8 Å². The van der Waals surface area contributed by atoms with E-state index in [4.69, 9.17) is 0 Å². The Labute approximate surface area is 388 Å². The second-order valence-electron chi connectivity index (χ2n) is 18.0. The van der Waals surface area contributed by atoms with E-state index in [0.29, 0.717) is 0 Å². The third-order valence-electron chi connectivity index (χ3n) is 14.6. The van der Waals surface area contributed by atoms with E-state index in [9.17, 15) is 0 Å². The van der Waals surface area contributed by atoms with Gasteiger partial charge in [0.2, 0.25) is 0 Å². The zero-order valence-electron chi connectivity index (χ0n) is 36.6. The Morgan fingerprint density at radius 3 is 1.54 bits per heavy atom. The fourth-order valence-electron chi connectivity index (χ4n) is 11.6. The molecule has 0 saturated carbocycles. The number of fused-ring (bicyclic) bond motifs is 10. The van der Waals surface area contributed by atoms with Crippen molar-refractivity contribution in [2.75, 3.05) is 0 Å². The molecule has 0 spiro atoms. The van der Waals surface area contributed by atoms with Crippen molar-refractivity contribution in [3.05, 3.63) is 277 Å². The largest absolute Gasteiger partial charge is 0.309 e. The van der Waals surface area contributed by atoms with E-state index >= 15 is 0 Å². The minimum Gasteiger partial charge on any atom is -0.309 e. The van der Waals surface area contributed by atoms with Gasteiger partial charge >= 0.3 is 0 Å². The van der Waals surface area contributed by atoms with Gasteiger partial charge in [-0.15, -0.1) is 0 Å². The number of benzene rings is 11. The molecular formula is C65H42N2. The van der Waals surface area contributed by atoms with Crippen molar-refractivity contribution in [1.29, 1.82) is 0 Å². The van der Waals surface area contributed by atoms with Crippen LogP contribution in [-0.4, -0.2) is 9.13 Å². The predicted octanol–water partition coefficient (Wildman–Crippen LogP) is 16.7. The second kappa shape index (κ2) is 14.7. The highest BCUT2D eigenvalue weighted by atomic mass is 15.0. The van der Waals surface area contributed by atoms with Crippen molar-refractivity contribution >= 4 is 54.4 Å². The summed E-state index contributed by atoms with van der Waals surface area (Å²) in [5.74, 6) is 0. The molecule has 2 heterocycles. The standard InChI is InChI=1S/C65H42N2/c1-4-17-43(18-5-1)46-21-16-26-51(37-46)67-63-36-33-48(47-32-35-62-56(39-47)54-28-13-15-30-61(54)66(62)52-34-31-44-19-10-11-20-45(44)38-52)40-57(63)58-41-55-53-27-12-14-29-59(53)65(60(55)42-64(58)67,49-22-6-2-7-23-49)50-24-8-3-9-25-50/h1-42H. The van der Waals surface area contributed by atoms with Crippen LogP contribution in [0, 0.1) is 0 Å².